The summed E-state index contributed by atoms with van der Waals surface area (Å²) in [7, 11) is 0. The van der Waals surface area contributed by atoms with Crippen LogP contribution in [0.2, 0.25) is 0 Å². The number of alkyl carbamates (subject to hydrolysis) is 1. The predicted octanol–water partition coefficient (Wildman–Crippen LogP) is 22.2. The van der Waals surface area contributed by atoms with Crippen LogP contribution in [0.1, 0.15) is 351 Å². The molecule has 0 aliphatic heterocycles. The Morgan fingerprint density at radius 1 is 0.406 bits per heavy atom. The molecule has 1 atom stereocenters. The first-order chi connectivity index (χ1) is 67.2. The van der Waals surface area contributed by atoms with Crippen molar-refractivity contribution in [3.8, 4) is 11.5 Å². The van der Waals surface area contributed by atoms with Crippen molar-refractivity contribution in [3.05, 3.63) is 213 Å². The van der Waals surface area contributed by atoms with Crippen molar-refractivity contribution < 1.29 is 66.8 Å². The maximum atomic E-state index is 14.8. The minimum Gasteiger partial charge on any atom is -0.493 e. The molecule has 7 N–H and O–H groups in total. The van der Waals surface area contributed by atoms with E-state index in [9.17, 15) is 47.9 Å². The van der Waals surface area contributed by atoms with E-state index in [1.807, 2.05) is 140 Å². The lowest BCUT2D eigenvalue weighted by Crippen LogP contribution is -2.50. The zero-order valence-electron chi connectivity index (χ0n) is 83.5. The van der Waals surface area contributed by atoms with Gasteiger partial charge in [0.05, 0.1) is 26.3 Å². The molecule has 0 fully saturated rings. The number of ether oxygens (including phenoxy) is 6. The zero-order valence-corrected chi connectivity index (χ0v) is 83.5. The summed E-state index contributed by atoms with van der Waals surface area (Å²) in [6.07, 6.45) is 50.4. The van der Waals surface area contributed by atoms with Crippen molar-refractivity contribution in [2.45, 2.75) is 354 Å². The molecule has 0 radical (unpaired) electrons. The second-order valence-corrected chi connectivity index (χ2v) is 37.2. The SMILES string of the molecule is CCCCCCCCCCCCCCCCCCCCCCOc1ccc(COC(=O)[C@H](CCCCNC(=O)OC(C)(C)C)NC(=O)CN(CCNC(=O)CN(CCN)C(=O)Cn2ccc(NC(=O)OC(c3ccccc3)c3ccccc3)nc2=O)C(=O)Cn2ccc(NC(=O)OC(c3ccccc3)c3ccccc3)nc2=O)c(OCCCCCCCCCCCCCCCCCCCCCC)c1. The van der Waals surface area contributed by atoms with E-state index >= 15 is 0 Å². The highest BCUT2D eigenvalue weighted by molar-refractivity contribution is 5.89. The first-order valence-corrected chi connectivity index (χ1v) is 51.8. The number of anilines is 2. The Labute approximate surface area is 820 Å². The molecular weight excluding hydrogens is 1750 g/mol. The minimum atomic E-state index is -1.31. The van der Waals surface area contributed by atoms with Gasteiger partial charge in [0.15, 0.2) is 12.2 Å². The van der Waals surface area contributed by atoms with Gasteiger partial charge in [-0.3, -0.25) is 38.9 Å². The lowest BCUT2D eigenvalue weighted by Gasteiger charge is -2.25. The minimum absolute atomic E-state index is 0.0153. The molecule has 28 nitrogen and oxygen atoms in total. The monoisotopic (exact) mass is 1910 g/mol. The van der Waals surface area contributed by atoms with Crippen LogP contribution in [0.5, 0.6) is 11.5 Å². The largest absolute Gasteiger partial charge is 0.493 e. The number of amides is 7. The molecule has 28 heteroatoms. The van der Waals surface area contributed by atoms with Crippen LogP contribution in [0, 0.1) is 0 Å². The lowest BCUT2D eigenvalue weighted by molar-refractivity contribution is -0.149. The van der Waals surface area contributed by atoms with Crippen molar-refractivity contribution in [2.24, 2.45) is 5.73 Å². The topological polar surface area (TPSA) is 354 Å². The summed E-state index contributed by atoms with van der Waals surface area (Å²) >= 11 is 0. The number of rotatable bonds is 74. The second-order valence-electron chi connectivity index (χ2n) is 37.2. The van der Waals surface area contributed by atoms with Crippen LogP contribution in [0.4, 0.5) is 26.0 Å². The Bertz CT molecular complexity index is 4610. The average molecular weight is 1910 g/mol. The Kier molecular flexibility index (Phi) is 57.1. The summed E-state index contributed by atoms with van der Waals surface area (Å²) in [6.45, 7) is 7.15. The van der Waals surface area contributed by atoms with E-state index in [1.165, 1.54) is 236 Å². The van der Waals surface area contributed by atoms with E-state index in [2.05, 4.69) is 50.4 Å². The molecule has 0 aliphatic rings. The van der Waals surface area contributed by atoms with Crippen molar-refractivity contribution in [1.82, 2.24) is 44.9 Å². The van der Waals surface area contributed by atoms with E-state index in [4.69, 9.17) is 34.2 Å². The number of nitrogens with two attached hydrogens (primary N) is 1. The summed E-state index contributed by atoms with van der Waals surface area (Å²) in [5, 5.41) is 13.2. The summed E-state index contributed by atoms with van der Waals surface area (Å²) in [6, 6.07) is 43.1. The second kappa shape index (κ2) is 69.4. The number of hydrogen-bond donors (Lipinski definition) is 6. The molecule has 0 saturated carbocycles. The predicted molar refractivity (Wildman–Crippen MR) is 545 cm³/mol. The highest BCUT2D eigenvalue weighted by atomic mass is 16.6. The first kappa shape index (κ1) is 114. The Balaban J connectivity index is 1.01. The summed E-state index contributed by atoms with van der Waals surface area (Å²) in [5.74, 6) is -3.10. The molecule has 5 aromatic carbocycles. The van der Waals surface area contributed by atoms with Gasteiger partial charge in [0, 0.05) is 56.7 Å². The van der Waals surface area contributed by atoms with Gasteiger partial charge in [-0.1, -0.05) is 379 Å². The van der Waals surface area contributed by atoms with Crippen molar-refractivity contribution in [2.75, 3.05) is 69.7 Å². The van der Waals surface area contributed by atoms with E-state index in [0.29, 0.717) is 59.0 Å². The molecule has 0 bridgehead atoms. The van der Waals surface area contributed by atoms with Crippen LogP contribution in [0.15, 0.2) is 174 Å². The number of unbranched alkanes of at least 4 members (excludes halogenated alkanes) is 39. The fourth-order valence-electron chi connectivity index (χ4n) is 16.5. The number of carbonyl (C=O) groups is 8. The molecule has 2 aromatic heterocycles. The van der Waals surface area contributed by atoms with Gasteiger partial charge in [-0.05, 0) is 99.4 Å². The van der Waals surface area contributed by atoms with Gasteiger partial charge in [0.25, 0.3) is 0 Å². The highest BCUT2D eigenvalue weighted by Gasteiger charge is 2.29. The molecular formula is C110H162N12O16. The van der Waals surface area contributed by atoms with Crippen molar-refractivity contribution >= 4 is 59.5 Å². The summed E-state index contributed by atoms with van der Waals surface area (Å²) < 4.78 is 38.2. The van der Waals surface area contributed by atoms with Gasteiger partial charge in [0.2, 0.25) is 23.6 Å². The van der Waals surface area contributed by atoms with Crippen LogP contribution in [0.25, 0.3) is 0 Å². The van der Waals surface area contributed by atoms with Crippen molar-refractivity contribution in [1.29, 1.82) is 0 Å². The molecule has 758 valence electrons. The van der Waals surface area contributed by atoms with Gasteiger partial charge >= 0.3 is 35.6 Å². The zero-order chi connectivity index (χ0) is 98.7. The molecule has 7 rings (SSSR count). The number of benzene rings is 5. The van der Waals surface area contributed by atoms with E-state index < -0.39 is 109 Å². The van der Waals surface area contributed by atoms with Crippen LogP contribution >= 0.6 is 0 Å². The summed E-state index contributed by atoms with van der Waals surface area (Å²) in [4.78, 5) is 149. The maximum absolute atomic E-state index is 14.8. The van der Waals surface area contributed by atoms with Crippen LogP contribution < -0.4 is 53.2 Å². The molecule has 138 heavy (non-hydrogen) atoms. The molecule has 2 heterocycles. The van der Waals surface area contributed by atoms with Crippen LogP contribution in [0.3, 0.4) is 0 Å². The third-order valence-corrected chi connectivity index (χ3v) is 24.3. The molecule has 7 aromatic rings. The number of nitrogens with one attached hydrogen (secondary N) is 5. The van der Waals surface area contributed by atoms with Crippen LogP contribution in [-0.4, -0.2) is 147 Å². The maximum Gasteiger partial charge on any atom is 0.413 e. The lowest BCUT2D eigenvalue weighted by atomic mass is 10.0. The Morgan fingerprint density at radius 3 is 1.15 bits per heavy atom. The Morgan fingerprint density at radius 2 is 0.775 bits per heavy atom. The average Bonchev–Trinajstić information content (AvgIpc) is 0.847. The molecule has 0 aliphatic carbocycles. The van der Waals surface area contributed by atoms with Gasteiger partial charge in [-0.15, -0.1) is 0 Å². The highest BCUT2D eigenvalue weighted by Crippen LogP contribution is 2.31. The molecule has 7 amide bonds. The molecule has 0 unspecified atom stereocenters. The van der Waals surface area contributed by atoms with E-state index in [-0.39, 0.29) is 63.8 Å². The van der Waals surface area contributed by atoms with E-state index in [0.717, 1.165) is 63.9 Å². The molecule has 0 saturated heterocycles. The quantitative estimate of drug-likeness (QED) is 0.0117. The fourth-order valence-corrected chi connectivity index (χ4v) is 16.5. The third kappa shape index (κ3) is 49.2. The fraction of sp³-hybridized carbons (Fsp3) is 0.582. The smallest absolute Gasteiger partial charge is 0.413 e. The Hall–Kier alpha value is -11.4. The number of hydrogen-bond acceptors (Lipinski definition) is 19. The standard InChI is InChI=1S/C110H162N12O16/c1-6-8-10-12-14-16-18-20-22-24-26-28-30-32-34-36-38-40-42-58-80-133-93-70-69-92(95(82-93)134-81-59-43-41-39-37-35-33-31-29-27-25-23-21-19-17-15-13-11-9-7-2)87-135-104(127)94(68-56-57-74-113-107(130)138-110(3,4)5)114-99(124)84-120(101(126)86-122-77-72-97(116-106(122)129)118-109(132)137-103(90-64-52-46-53-65-90)91-66-54-47-55-67-91)79-75-112-98(123)83-119(78-73-111)100(125)85-121-76-71-96(115-105(121)128)117-108(131)136-102(88-60-48-44-49-61-88)89-62-50-45-51-63-89/h44-55,60-67,69-72,76-77,82,94,102-103H,6-43,56-59,68,73-75,78-81,83-87,111H2,1-5H3,(H,112,123)(H,113,130)(H,114,124)(H,115,117,128,131)(H,116,118,129,132)/t94-/m0/s1. The normalized spacial score (nSPS) is 11.5. The molecule has 0 spiro atoms. The number of esters is 1. The van der Waals surface area contributed by atoms with Gasteiger partial charge in [0.1, 0.15) is 54.5 Å². The van der Waals surface area contributed by atoms with E-state index in [1.54, 1.807) is 20.8 Å². The van der Waals surface area contributed by atoms with Crippen LogP contribution in [-0.2, 0) is 62.6 Å². The van der Waals surface area contributed by atoms with Gasteiger partial charge < -0.3 is 59.9 Å². The number of nitrogens with zero attached hydrogens (tertiary/aromatic N) is 6. The van der Waals surface area contributed by atoms with Gasteiger partial charge in [-0.25, -0.2) is 28.8 Å². The number of aromatic nitrogens is 4. The van der Waals surface area contributed by atoms with Gasteiger partial charge in [-0.2, -0.15) is 9.97 Å². The summed E-state index contributed by atoms with van der Waals surface area (Å²) in [5.41, 5.74) is 6.67. The third-order valence-electron chi connectivity index (χ3n) is 24.3. The number of carbonyl (C=O) groups excluding carboxylic acids is 8. The first-order valence-electron chi connectivity index (χ1n) is 51.8. The van der Waals surface area contributed by atoms with Crippen molar-refractivity contribution in [3.63, 3.8) is 0 Å².